The van der Waals surface area contributed by atoms with Gasteiger partial charge in [-0.25, -0.2) is 13.6 Å². The van der Waals surface area contributed by atoms with E-state index >= 15 is 0 Å². The summed E-state index contributed by atoms with van der Waals surface area (Å²) in [6, 6.07) is 34.3. The fourth-order valence-electron chi connectivity index (χ4n) is 6.37. The Labute approximate surface area is 313 Å². The molecule has 0 bridgehead atoms. The van der Waals surface area contributed by atoms with Gasteiger partial charge in [0.2, 0.25) is 11.8 Å². The third-order valence-corrected chi connectivity index (χ3v) is 10.5. The number of carboxylic acid groups (broad SMARTS) is 1. The van der Waals surface area contributed by atoms with Crippen molar-refractivity contribution < 1.29 is 42.9 Å². The average molecular weight is 752 g/mol. The molecule has 1 heterocycles. The first-order valence-electron chi connectivity index (χ1n) is 16.8. The van der Waals surface area contributed by atoms with Crippen molar-refractivity contribution >= 4 is 35.5 Å². The van der Waals surface area contributed by atoms with E-state index in [4.69, 9.17) is 4.74 Å². The van der Waals surface area contributed by atoms with Gasteiger partial charge in [0.15, 0.2) is 12.1 Å². The topological polar surface area (TPSA) is 154 Å². The number of ether oxygens (including phenoxy) is 1. The molecule has 6 rings (SSSR count). The third-order valence-electron chi connectivity index (χ3n) is 9.11. The van der Waals surface area contributed by atoms with Gasteiger partial charge in [-0.1, -0.05) is 97.1 Å². The predicted octanol–water partition coefficient (Wildman–Crippen LogP) is 4.81. The minimum Gasteiger partial charge on any atom is -0.484 e. The summed E-state index contributed by atoms with van der Waals surface area (Å²) >= 11 is 1.21. The normalized spacial score (nSPS) is 17.0. The maximum Gasteiger partial charge on any atom is 0.338 e. The Bertz CT molecular complexity index is 2070. The molecule has 1 saturated heterocycles. The number of hydrogen-bond donors (Lipinski definition) is 5. The van der Waals surface area contributed by atoms with Gasteiger partial charge >= 0.3 is 5.97 Å². The SMILES string of the molecule is O=C(COc1ccc([C@]2(c3ccc(F)cc3)NC(=O)[C@@H]2SCC(O)c2ccc(F)cc2)cc1)NCC(=O)NC(C(=O)O)(c1ccccc1)c1ccccc1. The molecule has 0 spiro atoms. The van der Waals surface area contributed by atoms with Crippen LogP contribution in [0, 0.1) is 11.6 Å². The zero-order valence-corrected chi connectivity index (χ0v) is 29.4. The van der Waals surface area contributed by atoms with Crippen LogP contribution in [0.1, 0.15) is 33.9 Å². The third kappa shape index (κ3) is 7.82. The van der Waals surface area contributed by atoms with Crippen molar-refractivity contribution in [1.82, 2.24) is 16.0 Å². The van der Waals surface area contributed by atoms with Gasteiger partial charge < -0.3 is 30.9 Å². The van der Waals surface area contributed by atoms with Crippen molar-refractivity contribution in [3.05, 3.63) is 173 Å². The lowest BCUT2D eigenvalue weighted by atomic mass is 9.74. The molecule has 0 aromatic heterocycles. The van der Waals surface area contributed by atoms with E-state index in [0.717, 1.165) is 0 Å². The highest BCUT2D eigenvalue weighted by Crippen LogP contribution is 2.46. The summed E-state index contributed by atoms with van der Waals surface area (Å²) in [6.07, 6.45) is -0.977. The van der Waals surface area contributed by atoms with E-state index in [0.29, 0.717) is 33.6 Å². The molecule has 13 heteroatoms. The largest absolute Gasteiger partial charge is 0.484 e. The number of rotatable bonds is 15. The van der Waals surface area contributed by atoms with Gasteiger partial charge in [-0.3, -0.25) is 14.4 Å². The van der Waals surface area contributed by atoms with Crippen LogP contribution in [0.15, 0.2) is 133 Å². The van der Waals surface area contributed by atoms with Gasteiger partial charge in [0.1, 0.15) is 28.2 Å². The van der Waals surface area contributed by atoms with Crippen LogP contribution in [0.5, 0.6) is 5.75 Å². The Morgan fingerprint density at radius 2 is 1.30 bits per heavy atom. The van der Waals surface area contributed by atoms with Crippen LogP contribution in [0.25, 0.3) is 0 Å². The summed E-state index contributed by atoms with van der Waals surface area (Å²) in [5, 5.41) is 28.5. The fraction of sp³-hybridized carbons (Fsp3) is 0.171. The molecule has 5 N–H and O–H groups in total. The maximum absolute atomic E-state index is 13.9. The van der Waals surface area contributed by atoms with E-state index in [9.17, 15) is 38.2 Å². The number of thioether (sulfide) groups is 1. The summed E-state index contributed by atoms with van der Waals surface area (Å²) in [5.74, 6) is -3.44. The van der Waals surface area contributed by atoms with Crippen molar-refractivity contribution in [3.63, 3.8) is 0 Å². The Morgan fingerprint density at radius 3 is 1.81 bits per heavy atom. The number of aliphatic carboxylic acids is 1. The predicted molar refractivity (Wildman–Crippen MR) is 197 cm³/mol. The Hall–Kier alpha value is -6.05. The van der Waals surface area contributed by atoms with Crippen LogP contribution in [-0.2, 0) is 30.3 Å². The first-order valence-corrected chi connectivity index (χ1v) is 17.9. The second kappa shape index (κ2) is 16.3. The first kappa shape index (κ1) is 37.7. The molecule has 0 radical (unpaired) electrons. The number of halogens is 2. The van der Waals surface area contributed by atoms with Gasteiger partial charge in [0, 0.05) is 5.75 Å². The number of carbonyl (C=O) groups excluding carboxylic acids is 3. The number of aliphatic hydroxyl groups excluding tert-OH is 1. The Balaban J connectivity index is 1.10. The van der Waals surface area contributed by atoms with E-state index in [2.05, 4.69) is 16.0 Å². The number of hydrogen-bond acceptors (Lipinski definition) is 7. The zero-order valence-electron chi connectivity index (χ0n) is 28.6. The van der Waals surface area contributed by atoms with Crippen LogP contribution in [0.4, 0.5) is 8.78 Å². The maximum atomic E-state index is 13.9. The number of carboxylic acids is 1. The monoisotopic (exact) mass is 751 g/mol. The fourth-order valence-corrected chi connectivity index (χ4v) is 7.73. The molecule has 54 heavy (non-hydrogen) atoms. The second-order valence-corrected chi connectivity index (χ2v) is 13.6. The first-order chi connectivity index (χ1) is 26.0. The number of aliphatic hydroxyl groups is 1. The van der Waals surface area contributed by atoms with Gasteiger partial charge in [0.05, 0.1) is 12.6 Å². The summed E-state index contributed by atoms with van der Waals surface area (Å²) < 4.78 is 33.0. The molecule has 1 unspecified atom stereocenters. The molecule has 3 atom stereocenters. The summed E-state index contributed by atoms with van der Waals surface area (Å²) in [5.41, 5.74) is -0.616. The van der Waals surface area contributed by atoms with Crippen molar-refractivity contribution in [2.24, 2.45) is 0 Å². The molecule has 0 saturated carbocycles. The van der Waals surface area contributed by atoms with E-state index in [1.54, 1.807) is 97.1 Å². The lowest BCUT2D eigenvalue weighted by molar-refractivity contribution is -0.146. The molecule has 0 aliphatic carbocycles. The van der Waals surface area contributed by atoms with Crippen LogP contribution >= 0.6 is 11.8 Å². The molecule has 10 nitrogen and oxygen atoms in total. The highest BCUT2D eigenvalue weighted by molar-refractivity contribution is 8.00. The Kier molecular flexibility index (Phi) is 11.4. The standard InChI is InChI=1S/C41H35F2N3O7S/c42-31-17-11-26(12-18-31)34(47)25-54-37-38(50)46-40(37,29-13-19-32(43)20-14-29)30-15-21-33(22-16-30)53-24-36(49)44-23-35(48)45-41(39(51)52,27-7-3-1-4-8-27)28-9-5-2-6-10-28/h1-22,34,37,47H,23-25H2,(H,44,49)(H,45,48)(H,46,50)(H,51,52)/t34?,37-,40-/m0/s1. The van der Waals surface area contributed by atoms with Gasteiger partial charge in [0.25, 0.3) is 5.91 Å². The number of benzene rings is 5. The van der Waals surface area contributed by atoms with E-state index in [-0.39, 0.29) is 11.7 Å². The van der Waals surface area contributed by atoms with Crippen molar-refractivity contribution in [3.8, 4) is 5.75 Å². The van der Waals surface area contributed by atoms with Gasteiger partial charge in [-0.15, -0.1) is 11.8 Å². The number of β-lactam (4-membered cyclic amide) rings is 1. The molecule has 5 aromatic carbocycles. The van der Waals surface area contributed by atoms with Crippen LogP contribution in [0.3, 0.4) is 0 Å². The number of nitrogens with one attached hydrogen (secondary N) is 3. The van der Waals surface area contributed by atoms with Gasteiger partial charge in [-0.2, -0.15) is 0 Å². The number of carbonyl (C=O) groups is 4. The highest BCUT2D eigenvalue weighted by atomic mass is 32.2. The second-order valence-electron chi connectivity index (χ2n) is 12.5. The average Bonchev–Trinajstić information content (AvgIpc) is 3.18. The lowest BCUT2D eigenvalue weighted by Crippen LogP contribution is -2.69. The molecule has 1 aliphatic rings. The van der Waals surface area contributed by atoms with Crippen molar-refractivity contribution in [2.75, 3.05) is 18.9 Å². The van der Waals surface area contributed by atoms with Crippen molar-refractivity contribution in [1.29, 1.82) is 0 Å². The molecule has 3 amide bonds. The molecule has 276 valence electrons. The lowest BCUT2D eigenvalue weighted by Gasteiger charge is -2.50. The van der Waals surface area contributed by atoms with E-state index in [1.165, 1.54) is 48.2 Å². The molecule has 1 aliphatic heterocycles. The van der Waals surface area contributed by atoms with Gasteiger partial charge in [-0.05, 0) is 64.2 Å². The Morgan fingerprint density at radius 1 is 0.778 bits per heavy atom. The molecule has 1 fully saturated rings. The summed E-state index contributed by atoms with van der Waals surface area (Å²) in [4.78, 5) is 51.6. The van der Waals surface area contributed by atoms with E-state index < -0.39 is 65.0 Å². The number of amides is 3. The molecule has 5 aromatic rings. The van der Waals surface area contributed by atoms with Crippen LogP contribution in [0.2, 0.25) is 0 Å². The molecular weight excluding hydrogens is 717 g/mol. The highest BCUT2D eigenvalue weighted by Gasteiger charge is 2.56. The van der Waals surface area contributed by atoms with E-state index in [1.807, 2.05) is 0 Å². The molecular formula is C41H35F2N3O7S. The minimum atomic E-state index is -1.91. The van der Waals surface area contributed by atoms with Crippen LogP contribution < -0.4 is 20.7 Å². The van der Waals surface area contributed by atoms with Crippen LogP contribution in [-0.4, -0.2) is 58.1 Å². The summed E-state index contributed by atoms with van der Waals surface area (Å²) in [6.45, 7) is -0.988. The zero-order chi connectivity index (χ0) is 38.3. The van der Waals surface area contributed by atoms with Crippen molar-refractivity contribution in [2.45, 2.75) is 22.4 Å². The smallest absolute Gasteiger partial charge is 0.338 e. The minimum absolute atomic E-state index is 0.122. The summed E-state index contributed by atoms with van der Waals surface area (Å²) in [7, 11) is 0. The quantitative estimate of drug-likeness (QED) is 0.0956.